The first-order valence-electron chi connectivity index (χ1n) is 9.34. The van der Waals surface area contributed by atoms with Crippen LogP contribution in [-0.4, -0.2) is 59.6 Å². The fraction of sp³-hybridized carbons (Fsp3) is 0.579. The Morgan fingerprint density at radius 3 is 3.04 bits per heavy atom. The second-order valence-electron chi connectivity index (χ2n) is 7.07. The van der Waals surface area contributed by atoms with Crippen molar-refractivity contribution >= 4 is 11.7 Å². The summed E-state index contributed by atoms with van der Waals surface area (Å²) in [6, 6.07) is 7.07. The van der Waals surface area contributed by atoms with Crippen LogP contribution in [0, 0.1) is 5.41 Å². The van der Waals surface area contributed by atoms with E-state index >= 15 is 0 Å². The lowest BCUT2D eigenvalue weighted by Crippen LogP contribution is -2.50. The zero-order chi connectivity index (χ0) is 18.5. The van der Waals surface area contributed by atoms with Crippen molar-refractivity contribution in [1.29, 1.82) is 5.41 Å². The maximum atomic E-state index is 12.9. The third-order valence-corrected chi connectivity index (χ3v) is 5.21. The van der Waals surface area contributed by atoms with Crippen LogP contribution in [0.4, 0.5) is 0 Å². The lowest BCUT2D eigenvalue weighted by atomic mass is 9.98. The van der Waals surface area contributed by atoms with Gasteiger partial charge >= 0.3 is 0 Å². The summed E-state index contributed by atoms with van der Waals surface area (Å²) in [6.07, 6.45) is 4.29. The number of ether oxygens (including phenoxy) is 1. The van der Waals surface area contributed by atoms with E-state index in [9.17, 15) is 9.90 Å². The highest BCUT2D eigenvalue weighted by Gasteiger charge is 2.36. The minimum atomic E-state index is -0.240. The van der Waals surface area contributed by atoms with Gasteiger partial charge in [-0.3, -0.25) is 10.2 Å². The van der Waals surface area contributed by atoms with Crippen LogP contribution in [0.2, 0.25) is 0 Å². The van der Waals surface area contributed by atoms with E-state index in [0.717, 1.165) is 25.8 Å². The normalized spacial score (nSPS) is 25.9. The maximum absolute atomic E-state index is 12.9. The van der Waals surface area contributed by atoms with Crippen LogP contribution in [0.5, 0.6) is 5.75 Å². The van der Waals surface area contributed by atoms with Crippen molar-refractivity contribution in [1.82, 2.24) is 10.2 Å². The number of nitrogens with one attached hydrogen (secondary N) is 2. The van der Waals surface area contributed by atoms with Gasteiger partial charge in [0.15, 0.2) is 0 Å². The number of hydrogen-bond donors (Lipinski definition) is 4. The van der Waals surface area contributed by atoms with E-state index in [4.69, 9.17) is 15.9 Å². The van der Waals surface area contributed by atoms with Crippen molar-refractivity contribution in [3.8, 4) is 5.75 Å². The van der Waals surface area contributed by atoms with Crippen molar-refractivity contribution in [3.63, 3.8) is 0 Å². The quantitative estimate of drug-likeness (QED) is 0.444. The van der Waals surface area contributed by atoms with E-state index in [1.54, 1.807) is 12.1 Å². The van der Waals surface area contributed by atoms with Gasteiger partial charge in [0.05, 0.1) is 6.04 Å². The van der Waals surface area contributed by atoms with Crippen LogP contribution in [0.15, 0.2) is 24.3 Å². The molecule has 26 heavy (non-hydrogen) atoms. The Hall–Kier alpha value is -2.12. The summed E-state index contributed by atoms with van der Waals surface area (Å²) >= 11 is 0. The largest absolute Gasteiger partial charge is 0.489 e. The molecule has 3 rings (SSSR count). The van der Waals surface area contributed by atoms with E-state index in [0.29, 0.717) is 30.7 Å². The highest BCUT2D eigenvalue weighted by Crippen LogP contribution is 2.24. The maximum Gasteiger partial charge on any atom is 0.240 e. The SMILES string of the molecule is N=C(N)c1cccc(O[C@H]2CN[C@H](C(=O)N3CCCCC3CCO)C2)c1. The number of likely N-dealkylation sites (tertiary alicyclic amines) is 1. The number of carbonyl (C=O) groups is 1. The number of nitrogen functional groups attached to an aromatic ring is 1. The molecule has 7 nitrogen and oxygen atoms in total. The van der Waals surface area contributed by atoms with Crippen molar-refractivity contribution in [3.05, 3.63) is 29.8 Å². The second kappa shape index (κ2) is 8.51. The molecule has 0 aliphatic carbocycles. The van der Waals surface area contributed by atoms with Gasteiger partial charge in [0.25, 0.3) is 0 Å². The number of nitrogens with two attached hydrogens (primary N) is 1. The molecular formula is C19H28N4O3. The number of hydrogen-bond acceptors (Lipinski definition) is 5. The van der Waals surface area contributed by atoms with Crippen LogP contribution < -0.4 is 15.8 Å². The van der Waals surface area contributed by atoms with E-state index < -0.39 is 0 Å². The molecule has 5 N–H and O–H groups in total. The fourth-order valence-corrected chi connectivity index (χ4v) is 3.85. The summed E-state index contributed by atoms with van der Waals surface area (Å²) in [5.74, 6) is 0.786. The summed E-state index contributed by atoms with van der Waals surface area (Å²) < 4.78 is 5.98. The monoisotopic (exact) mass is 360 g/mol. The summed E-state index contributed by atoms with van der Waals surface area (Å²) in [6.45, 7) is 1.50. The molecule has 2 aliphatic rings. The van der Waals surface area contributed by atoms with Gasteiger partial charge in [0, 0.05) is 37.7 Å². The lowest BCUT2D eigenvalue weighted by Gasteiger charge is -2.37. The van der Waals surface area contributed by atoms with E-state index in [1.807, 2.05) is 17.0 Å². The molecule has 1 amide bonds. The Labute approximate surface area is 154 Å². The molecule has 2 fully saturated rings. The van der Waals surface area contributed by atoms with Gasteiger partial charge in [-0.05, 0) is 37.8 Å². The topological polar surface area (TPSA) is 112 Å². The molecule has 1 unspecified atom stereocenters. The zero-order valence-corrected chi connectivity index (χ0v) is 15.0. The van der Waals surface area contributed by atoms with Gasteiger partial charge in [0.1, 0.15) is 17.7 Å². The van der Waals surface area contributed by atoms with Crippen LogP contribution in [0.1, 0.15) is 37.7 Å². The molecule has 142 valence electrons. The minimum absolute atomic E-state index is 0.00748. The Bertz CT molecular complexity index is 649. The van der Waals surface area contributed by atoms with Gasteiger partial charge < -0.3 is 25.8 Å². The number of nitrogens with zero attached hydrogens (tertiary/aromatic N) is 1. The summed E-state index contributed by atoms with van der Waals surface area (Å²) in [4.78, 5) is 14.8. The number of amides is 1. The fourth-order valence-electron chi connectivity index (χ4n) is 3.85. The third-order valence-electron chi connectivity index (χ3n) is 5.21. The van der Waals surface area contributed by atoms with Crippen molar-refractivity contribution in [2.24, 2.45) is 5.73 Å². The molecule has 0 aromatic heterocycles. The standard InChI is InChI=1S/C19H28N4O3/c20-18(21)13-4-3-6-15(10-13)26-16-11-17(22-12-16)19(25)23-8-2-1-5-14(23)7-9-24/h3-4,6,10,14,16-17,22,24H,1-2,5,7-9,11-12H2,(H3,20,21)/t14?,16-,17+/m1/s1. The number of aliphatic hydroxyl groups is 1. The molecule has 2 aliphatic heterocycles. The van der Waals surface area contributed by atoms with Crippen LogP contribution in [-0.2, 0) is 4.79 Å². The third kappa shape index (κ3) is 4.34. The number of benzene rings is 1. The van der Waals surface area contributed by atoms with Gasteiger partial charge in [0.2, 0.25) is 5.91 Å². The Morgan fingerprint density at radius 2 is 2.27 bits per heavy atom. The number of rotatable bonds is 6. The molecule has 3 atom stereocenters. The predicted octanol–water partition coefficient (Wildman–Crippen LogP) is 0.843. The van der Waals surface area contributed by atoms with E-state index in [1.165, 1.54) is 0 Å². The van der Waals surface area contributed by atoms with Crippen LogP contribution >= 0.6 is 0 Å². The average Bonchev–Trinajstić information content (AvgIpc) is 3.10. The molecule has 1 aromatic rings. The lowest BCUT2D eigenvalue weighted by molar-refractivity contribution is -0.137. The van der Waals surface area contributed by atoms with E-state index in [2.05, 4.69) is 5.32 Å². The first-order valence-corrected chi connectivity index (χ1v) is 9.34. The van der Waals surface area contributed by atoms with Gasteiger partial charge in [-0.15, -0.1) is 0 Å². The van der Waals surface area contributed by atoms with Gasteiger partial charge in [-0.1, -0.05) is 12.1 Å². The minimum Gasteiger partial charge on any atom is -0.489 e. The van der Waals surface area contributed by atoms with Crippen molar-refractivity contribution in [2.75, 3.05) is 19.7 Å². The Morgan fingerprint density at radius 1 is 1.42 bits per heavy atom. The number of piperidine rings is 1. The zero-order valence-electron chi connectivity index (χ0n) is 15.0. The molecule has 0 bridgehead atoms. The summed E-state index contributed by atoms with van der Waals surface area (Å²) in [5, 5.41) is 20.0. The Kier molecular flexibility index (Phi) is 6.11. The highest BCUT2D eigenvalue weighted by molar-refractivity contribution is 5.95. The van der Waals surface area contributed by atoms with Crippen LogP contribution in [0.25, 0.3) is 0 Å². The highest BCUT2D eigenvalue weighted by atomic mass is 16.5. The first-order chi connectivity index (χ1) is 12.6. The molecular weight excluding hydrogens is 332 g/mol. The molecule has 0 spiro atoms. The molecule has 7 heteroatoms. The molecule has 0 radical (unpaired) electrons. The predicted molar refractivity (Wildman–Crippen MR) is 99.3 cm³/mol. The first kappa shape index (κ1) is 18.7. The summed E-state index contributed by atoms with van der Waals surface area (Å²) in [5.41, 5.74) is 6.15. The summed E-state index contributed by atoms with van der Waals surface area (Å²) in [7, 11) is 0. The van der Waals surface area contributed by atoms with Gasteiger partial charge in [-0.25, -0.2) is 0 Å². The molecule has 1 aromatic carbocycles. The molecule has 2 saturated heterocycles. The van der Waals surface area contributed by atoms with Crippen LogP contribution in [0.3, 0.4) is 0 Å². The second-order valence-corrected chi connectivity index (χ2v) is 7.07. The van der Waals surface area contributed by atoms with Crippen molar-refractivity contribution in [2.45, 2.75) is 50.3 Å². The average molecular weight is 360 g/mol. The van der Waals surface area contributed by atoms with Gasteiger partial charge in [-0.2, -0.15) is 0 Å². The number of carbonyl (C=O) groups excluding carboxylic acids is 1. The Balaban J connectivity index is 1.58. The molecule has 2 heterocycles. The van der Waals surface area contributed by atoms with Crippen molar-refractivity contribution < 1.29 is 14.6 Å². The van der Waals surface area contributed by atoms with E-state index in [-0.39, 0.29) is 36.5 Å². The number of amidine groups is 1. The number of aliphatic hydroxyl groups excluding tert-OH is 1. The molecule has 0 saturated carbocycles. The smallest absolute Gasteiger partial charge is 0.240 e.